The minimum atomic E-state index is 0.580. The van der Waals surface area contributed by atoms with Gasteiger partial charge in [-0.05, 0) is 31.6 Å². The maximum absolute atomic E-state index is 2.92. The molecule has 1 unspecified atom stereocenters. The van der Waals surface area contributed by atoms with Crippen LogP contribution in [0.3, 0.4) is 0 Å². The Morgan fingerprint density at radius 2 is 0.793 bits per heavy atom. The highest BCUT2D eigenvalue weighted by Gasteiger charge is 2.33. The number of halogens is 1. The van der Waals surface area contributed by atoms with Gasteiger partial charge in [0, 0.05) is 3.42 Å². The Morgan fingerprint density at radius 3 is 1.21 bits per heavy atom. The van der Waals surface area contributed by atoms with Gasteiger partial charge in [0.05, 0.1) is 0 Å². The summed E-state index contributed by atoms with van der Waals surface area (Å²) in [6.45, 7) is 9.41. The van der Waals surface area contributed by atoms with Crippen molar-refractivity contribution in [1.82, 2.24) is 0 Å². The zero-order valence-electron chi connectivity index (χ0n) is 21.0. The summed E-state index contributed by atoms with van der Waals surface area (Å²) in [5.41, 5.74) is 0. The quantitative estimate of drug-likeness (QED) is 0.0714. The molecule has 0 aliphatic heterocycles. The van der Waals surface area contributed by atoms with Gasteiger partial charge in [0.1, 0.15) is 0 Å². The van der Waals surface area contributed by atoms with Gasteiger partial charge in [0.25, 0.3) is 0 Å². The second kappa shape index (κ2) is 21.9. The van der Waals surface area contributed by atoms with Gasteiger partial charge < -0.3 is 0 Å². The van der Waals surface area contributed by atoms with Crippen molar-refractivity contribution in [2.75, 3.05) is 0 Å². The first-order chi connectivity index (χ1) is 14.1. The molecule has 0 aromatic carbocycles. The van der Waals surface area contributed by atoms with E-state index >= 15 is 0 Å². The summed E-state index contributed by atoms with van der Waals surface area (Å²) in [5.74, 6) is 0.962. The molecule has 0 aliphatic rings. The highest BCUT2D eigenvalue weighted by atomic mass is 127. The van der Waals surface area contributed by atoms with Crippen molar-refractivity contribution in [3.63, 3.8) is 0 Å². The Labute approximate surface area is 200 Å². The monoisotopic (exact) mass is 520 g/mol. The summed E-state index contributed by atoms with van der Waals surface area (Å²) < 4.78 is 0.580. The standard InChI is InChI=1S/C28H57I/c1-5-9-13-14-15-16-17-18-19-20-21-22-24-27(23-10-6-2)28(29,25-11-7-3)26-12-8-4/h27H,5-26H2,1-4H3. The summed E-state index contributed by atoms with van der Waals surface area (Å²) in [6.07, 6.45) is 31.8. The molecule has 0 aromatic rings. The summed E-state index contributed by atoms with van der Waals surface area (Å²) in [4.78, 5) is 0. The third-order valence-corrected chi connectivity index (χ3v) is 8.90. The average molecular weight is 521 g/mol. The van der Waals surface area contributed by atoms with Gasteiger partial charge in [0.2, 0.25) is 0 Å². The van der Waals surface area contributed by atoms with Crippen molar-refractivity contribution in [2.45, 2.75) is 172 Å². The smallest absolute Gasteiger partial charge is 0.0250 e. The van der Waals surface area contributed by atoms with Gasteiger partial charge in [-0.2, -0.15) is 0 Å². The summed E-state index contributed by atoms with van der Waals surface area (Å²) in [7, 11) is 0. The molecule has 0 aliphatic carbocycles. The summed E-state index contributed by atoms with van der Waals surface area (Å²) >= 11 is 2.92. The highest BCUT2D eigenvalue weighted by molar-refractivity contribution is 14.1. The van der Waals surface area contributed by atoms with Gasteiger partial charge in [-0.25, -0.2) is 0 Å². The highest BCUT2D eigenvalue weighted by Crippen LogP contribution is 2.43. The predicted octanol–water partition coefficient (Wildman–Crippen LogP) is 11.4. The molecule has 0 N–H and O–H groups in total. The van der Waals surface area contributed by atoms with E-state index < -0.39 is 0 Å². The molecule has 29 heavy (non-hydrogen) atoms. The first-order valence-corrected chi connectivity index (χ1v) is 14.9. The molecule has 0 radical (unpaired) electrons. The minimum absolute atomic E-state index is 0.580. The van der Waals surface area contributed by atoms with Crippen LogP contribution >= 0.6 is 22.6 Å². The van der Waals surface area contributed by atoms with E-state index in [0.29, 0.717) is 3.42 Å². The van der Waals surface area contributed by atoms with Crippen molar-refractivity contribution < 1.29 is 0 Å². The molecule has 0 saturated carbocycles. The van der Waals surface area contributed by atoms with Crippen LogP contribution in [-0.2, 0) is 0 Å². The first kappa shape index (κ1) is 29.7. The van der Waals surface area contributed by atoms with Gasteiger partial charge in [-0.1, -0.05) is 166 Å². The van der Waals surface area contributed by atoms with Crippen LogP contribution in [0.5, 0.6) is 0 Å². The van der Waals surface area contributed by atoms with E-state index in [0.717, 1.165) is 5.92 Å². The Kier molecular flexibility index (Phi) is 22.5. The molecule has 0 saturated heterocycles. The maximum atomic E-state index is 2.92. The molecular weight excluding hydrogens is 463 g/mol. The zero-order valence-corrected chi connectivity index (χ0v) is 23.2. The Bertz CT molecular complexity index is 303. The van der Waals surface area contributed by atoms with Crippen molar-refractivity contribution in [1.29, 1.82) is 0 Å². The normalized spacial score (nSPS) is 13.1. The zero-order chi connectivity index (χ0) is 21.6. The van der Waals surface area contributed by atoms with Crippen molar-refractivity contribution in [3.05, 3.63) is 0 Å². The lowest BCUT2D eigenvalue weighted by molar-refractivity contribution is 0.290. The molecule has 0 fully saturated rings. The van der Waals surface area contributed by atoms with Gasteiger partial charge in [-0.15, -0.1) is 0 Å². The molecule has 0 heterocycles. The Balaban J connectivity index is 4.08. The van der Waals surface area contributed by atoms with Gasteiger partial charge >= 0.3 is 0 Å². The van der Waals surface area contributed by atoms with E-state index in [1.54, 1.807) is 0 Å². The minimum Gasteiger partial charge on any atom is -0.0786 e. The van der Waals surface area contributed by atoms with E-state index in [2.05, 4.69) is 50.3 Å². The van der Waals surface area contributed by atoms with Crippen molar-refractivity contribution >= 4 is 22.6 Å². The third-order valence-electron chi connectivity index (χ3n) is 6.94. The molecular formula is C28H57I. The molecule has 0 rings (SSSR count). The van der Waals surface area contributed by atoms with E-state index in [4.69, 9.17) is 0 Å². The molecule has 0 bridgehead atoms. The molecule has 176 valence electrons. The Morgan fingerprint density at radius 1 is 0.448 bits per heavy atom. The van der Waals surface area contributed by atoms with E-state index in [-0.39, 0.29) is 0 Å². The van der Waals surface area contributed by atoms with E-state index in [1.807, 2.05) is 0 Å². The van der Waals surface area contributed by atoms with E-state index in [1.165, 1.54) is 141 Å². The van der Waals surface area contributed by atoms with Crippen LogP contribution in [-0.4, -0.2) is 3.42 Å². The topological polar surface area (TPSA) is 0 Å². The van der Waals surface area contributed by atoms with Crippen LogP contribution in [0.4, 0.5) is 0 Å². The van der Waals surface area contributed by atoms with Crippen LogP contribution in [0.25, 0.3) is 0 Å². The van der Waals surface area contributed by atoms with Crippen molar-refractivity contribution in [3.8, 4) is 0 Å². The number of unbranched alkanes of at least 4 members (excludes halogenated alkanes) is 14. The van der Waals surface area contributed by atoms with Crippen LogP contribution in [0.1, 0.15) is 169 Å². The fourth-order valence-electron chi connectivity index (χ4n) is 4.82. The lowest BCUT2D eigenvalue weighted by Gasteiger charge is -2.37. The fraction of sp³-hybridized carbons (Fsp3) is 1.00. The molecule has 1 heteroatoms. The number of alkyl halides is 1. The van der Waals surface area contributed by atoms with Gasteiger partial charge in [-0.3, -0.25) is 0 Å². The largest absolute Gasteiger partial charge is 0.0786 e. The lowest BCUT2D eigenvalue weighted by Crippen LogP contribution is -2.31. The third kappa shape index (κ3) is 17.0. The van der Waals surface area contributed by atoms with Crippen molar-refractivity contribution in [2.24, 2.45) is 5.92 Å². The summed E-state index contributed by atoms with van der Waals surface area (Å²) in [5, 5.41) is 0. The average Bonchev–Trinajstić information content (AvgIpc) is 2.73. The second-order valence-corrected chi connectivity index (χ2v) is 11.9. The SMILES string of the molecule is CCCCCCCCCCCCCCC(CCCC)C(I)(CCCC)CCCC. The van der Waals surface area contributed by atoms with Crippen LogP contribution in [0, 0.1) is 5.92 Å². The van der Waals surface area contributed by atoms with E-state index in [9.17, 15) is 0 Å². The van der Waals surface area contributed by atoms with Gasteiger partial charge in [0.15, 0.2) is 0 Å². The molecule has 0 aromatic heterocycles. The number of rotatable bonds is 23. The summed E-state index contributed by atoms with van der Waals surface area (Å²) in [6, 6.07) is 0. The Hall–Kier alpha value is 0.730. The fourth-order valence-corrected chi connectivity index (χ4v) is 6.20. The van der Waals surface area contributed by atoms with Crippen LogP contribution < -0.4 is 0 Å². The van der Waals surface area contributed by atoms with Crippen LogP contribution in [0.15, 0.2) is 0 Å². The first-order valence-electron chi connectivity index (χ1n) is 13.8. The molecule has 0 spiro atoms. The van der Waals surface area contributed by atoms with Crippen LogP contribution in [0.2, 0.25) is 0 Å². The molecule has 0 amide bonds. The lowest BCUT2D eigenvalue weighted by atomic mass is 9.78. The number of hydrogen-bond acceptors (Lipinski definition) is 0. The molecule has 0 nitrogen and oxygen atoms in total. The second-order valence-electron chi connectivity index (χ2n) is 9.76. The molecule has 1 atom stereocenters. The number of hydrogen-bond donors (Lipinski definition) is 0. The predicted molar refractivity (Wildman–Crippen MR) is 145 cm³/mol. The maximum Gasteiger partial charge on any atom is 0.0250 e.